The molecule has 1 aliphatic rings. The molecular weight excluding hydrogens is 567 g/mol. The third-order valence-corrected chi connectivity index (χ3v) is 6.93. The van der Waals surface area contributed by atoms with Crippen molar-refractivity contribution in [2.75, 3.05) is 5.01 Å². The number of nitro groups is 1. The molecule has 0 saturated carbocycles. The SMILES string of the molecule is O=[N+]([O-])c1ccc(O)c(C=Nc2cccc(C3=NN(c4ccccc4)C(c4ccccc4I)C3)c2)c1. The van der Waals surface area contributed by atoms with E-state index in [0.29, 0.717) is 5.69 Å². The van der Waals surface area contributed by atoms with Crippen molar-refractivity contribution >= 4 is 51.6 Å². The number of halogens is 1. The van der Waals surface area contributed by atoms with Gasteiger partial charge in [0.05, 0.1) is 28.1 Å². The number of rotatable bonds is 6. The van der Waals surface area contributed by atoms with E-state index in [1.54, 1.807) is 0 Å². The molecule has 0 radical (unpaired) electrons. The van der Waals surface area contributed by atoms with Gasteiger partial charge in [0, 0.05) is 33.9 Å². The van der Waals surface area contributed by atoms with E-state index in [-0.39, 0.29) is 23.0 Å². The van der Waals surface area contributed by atoms with Crippen molar-refractivity contribution in [3.63, 3.8) is 0 Å². The van der Waals surface area contributed by atoms with E-state index < -0.39 is 4.92 Å². The van der Waals surface area contributed by atoms with E-state index in [4.69, 9.17) is 5.10 Å². The first-order valence-corrected chi connectivity index (χ1v) is 12.4. The zero-order valence-electron chi connectivity index (χ0n) is 19.0. The lowest BCUT2D eigenvalue weighted by Gasteiger charge is -2.24. The molecule has 1 heterocycles. The predicted octanol–water partition coefficient (Wildman–Crippen LogP) is 7.01. The molecule has 4 aromatic carbocycles. The van der Waals surface area contributed by atoms with Gasteiger partial charge >= 0.3 is 0 Å². The van der Waals surface area contributed by atoms with Crippen LogP contribution in [-0.2, 0) is 0 Å². The van der Waals surface area contributed by atoms with E-state index in [1.807, 2.05) is 48.5 Å². The van der Waals surface area contributed by atoms with Crippen LogP contribution in [0.15, 0.2) is 107 Å². The fraction of sp³-hybridized carbons (Fsp3) is 0.0714. The Bertz CT molecular complexity index is 1490. The van der Waals surface area contributed by atoms with Gasteiger partial charge in [-0.15, -0.1) is 0 Å². The van der Waals surface area contributed by atoms with Gasteiger partial charge in [0.1, 0.15) is 5.75 Å². The second-order valence-electron chi connectivity index (χ2n) is 8.28. The van der Waals surface area contributed by atoms with Crippen LogP contribution in [0.4, 0.5) is 17.1 Å². The molecule has 1 N–H and O–H groups in total. The molecule has 178 valence electrons. The van der Waals surface area contributed by atoms with E-state index in [9.17, 15) is 15.2 Å². The summed E-state index contributed by atoms with van der Waals surface area (Å²) >= 11 is 2.37. The smallest absolute Gasteiger partial charge is 0.270 e. The first-order chi connectivity index (χ1) is 17.5. The maximum Gasteiger partial charge on any atom is 0.270 e. The number of para-hydroxylation sites is 1. The lowest BCUT2D eigenvalue weighted by atomic mass is 9.98. The first-order valence-electron chi connectivity index (χ1n) is 11.3. The largest absolute Gasteiger partial charge is 0.507 e. The predicted molar refractivity (Wildman–Crippen MR) is 150 cm³/mol. The summed E-state index contributed by atoms with van der Waals surface area (Å²) < 4.78 is 1.19. The average Bonchev–Trinajstić information content (AvgIpc) is 3.34. The molecule has 0 aromatic heterocycles. The molecule has 1 unspecified atom stereocenters. The van der Waals surface area contributed by atoms with Gasteiger partial charge < -0.3 is 5.11 Å². The molecule has 0 fully saturated rings. The minimum absolute atomic E-state index is 0.0597. The van der Waals surface area contributed by atoms with Gasteiger partial charge in [0.25, 0.3) is 5.69 Å². The fourth-order valence-electron chi connectivity index (χ4n) is 4.16. The number of aromatic hydroxyl groups is 1. The molecule has 7 nitrogen and oxygen atoms in total. The molecule has 0 amide bonds. The summed E-state index contributed by atoms with van der Waals surface area (Å²) in [6.07, 6.45) is 2.16. The highest BCUT2D eigenvalue weighted by Gasteiger charge is 2.31. The molecule has 1 aliphatic heterocycles. The number of aliphatic imine (C=N–C) groups is 1. The summed E-state index contributed by atoms with van der Waals surface area (Å²) in [4.78, 5) is 15.0. The molecule has 0 bridgehead atoms. The van der Waals surface area contributed by atoms with Crippen molar-refractivity contribution in [2.24, 2.45) is 10.1 Å². The van der Waals surface area contributed by atoms with Gasteiger partial charge in [-0.1, -0.05) is 48.5 Å². The molecule has 36 heavy (non-hydrogen) atoms. The summed E-state index contributed by atoms with van der Waals surface area (Å²) in [7, 11) is 0. The maximum atomic E-state index is 11.1. The number of non-ortho nitro benzene ring substituents is 1. The van der Waals surface area contributed by atoms with Gasteiger partial charge in [-0.25, -0.2) is 0 Å². The normalized spacial score (nSPS) is 15.3. The number of hydrogen-bond acceptors (Lipinski definition) is 6. The molecule has 0 spiro atoms. The molecule has 5 rings (SSSR count). The maximum absolute atomic E-state index is 11.1. The Balaban J connectivity index is 1.47. The second-order valence-corrected chi connectivity index (χ2v) is 9.44. The number of phenolic OH excluding ortho intramolecular Hbond substituents is 1. The van der Waals surface area contributed by atoms with Crippen molar-refractivity contribution in [1.29, 1.82) is 0 Å². The highest BCUT2D eigenvalue weighted by molar-refractivity contribution is 14.1. The van der Waals surface area contributed by atoms with E-state index in [2.05, 4.69) is 62.9 Å². The average molecular weight is 588 g/mol. The zero-order valence-corrected chi connectivity index (χ0v) is 21.2. The van der Waals surface area contributed by atoms with Gasteiger partial charge in [-0.3, -0.25) is 20.1 Å². The first kappa shape index (κ1) is 23.7. The second kappa shape index (κ2) is 10.3. The number of phenols is 1. The number of nitrogens with zero attached hydrogens (tertiary/aromatic N) is 4. The lowest BCUT2D eigenvalue weighted by molar-refractivity contribution is -0.384. The van der Waals surface area contributed by atoms with E-state index >= 15 is 0 Å². The third-order valence-electron chi connectivity index (χ3n) is 5.95. The van der Waals surface area contributed by atoms with Crippen LogP contribution in [0.5, 0.6) is 5.75 Å². The Morgan fingerprint density at radius 1 is 1.00 bits per heavy atom. The van der Waals surface area contributed by atoms with Crippen molar-refractivity contribution < 1.29 is 10.0 Å². The summed E-state index contributed by atoms with van der Waals surface area (Å²) in [5, 5.41) is 28.2. The van der Waals surface area contributed by atoms with Gasteiger partial charge in [-0.05, 0) is 70.1 Å². The number of anilines is 1. The van der Waals surface area contributed by atoms with Gasteiger partial charge in [-0.2, -0.15) is 5.10 Å². The van der Waals surface area contributed by atoms with Crippen molar-refractivity contribution in [1.82, 2.24) is 0 Å². The number of hydrazone groups is 1. The van der Waals surface area contributed by atoms with Crippen LogP contribution >= 0.6 is 22.6 Å². The van der Waals surface area contributed by atoms with Gasteiger partial charge in [0.15, 0.2) is 0 Å². The Hall–Kier alpha value is -4.05. The Kier molecular flexibility index (Phi) is 6.77. The Labute approximate surface area is 221 Å². The summed E-state index contributed by atoms with van der Waals surface area (Å²) in [6.45, 7) is 0. The highest BCUT2D eigenvalue weighted by Crippen LogP contribution is 2.38. The summed E-state index contributed by atoms with van der Waals surface area (Å²) in [5.74, 6) is -0.0699. The van der Waals surface area contributed by atoms with Crippen LogP contribution in [0.1, 0.15) is 29.2 Å². The minimum atomic E-state index is -0.502. The molecule has 0 saturated heterocycles. The van der Waals surface area contributed by atoms with Crippen LogP contribution in [0.25, 0.3) is 0 Å². The van der Waals surface area contributed by atoms with Crippen molar-refractivity contribution in [2.45, 2.75) is 12.5 Å². The zero-order chi connectivity index (χ0) is 25.1. The van der Waals surface area contributed by atoms with Crippen molar-refractivity contribution in [3.05, 3.63) is 127 Å². The molecule has 4 aromatic rings. The summed E-state index contributed by atoms with van der Waals surface area (Å²) in [6, 6.07) is 30.1. The Morgan fingerprint density at radius 3 is 2.56 bits per heavy atom. The molecule has 8 heteroatoms. The third kappa shape index (κ3) is 4.99. The molecule has 1 atom stereocenters. The molecule has 0 aliphatic carbocycles. The van der Waals surface area contributed by atoms with Crippen molar-refractivity contribution in [3.8, 4) is 5.75 Å². The quantitative estimate of drug-likeness (QED) is 0.114. The molecular formula is C28H21IN4O3. The standard InChI is InChI=1S/C28H21IN4O3/c29-25-12-5-4-11-24(25)27-17-26(31-32(27)22-9-2-1-3-10-22)19-7-6-8-21(15-19)30-18-20-16-23(33(35)36)13-14-28(20)34/h1-16,18,27,34H,17H2. The van der Waals surface area contributed by atoms with Crippen LogP contribution in [0, 0.1) is 13.7 Å². The fourth-order valence-corrected chi connectivity index (χ4v) is 4.91. The van der Waals surface area contributed by atoms with Crippen LogP contribution < -0.4 is 5.01 Å². The Morgan fingerprint density at radius 2 is 1.78 bits per heavy atom. The minimum Gasteiger partial charge on any atom is -0.507 e. The van der Waals surface area contributed by atoms with E-state index in [1.165, 1.54) is 33.5 Å². The van der Waals surface area contributed by atoms with Crippen LogP contribution in [0.3, 0.4) is 0 Å². The summed E-state index contributed by atoms with van der Waals surface area (Å²) in [5.41, 5.74) is 4.96. The van der Waals surface area contributed by atoms with E-state index in [0.717, 1.165) is 23.4 Å². The lowest BCUT2D eigenvalue weighted by Crippen LogP contribution is -2.19. The number of benzene rings is 4. The van der Waals surface area contributed by atoms with Crippen LogP contribution in [0.2, 0.25) is 0 Å². The monoisotopic (exact) mass is 588 g/mol. The topological polar surface area (TPSA) is 91.3 Å². The number of nitro benzene ring substituents is 1. The number of hydrogen-bond donors (Lipinski definition) is 1. The van der Waals surface area contributed by atoms with Crippen LogP contribution in [-0.4, -0.2) is 22.0 Å². The highest BCUT2D eigenvalue weighted by atomic mass is 127. The van der Waals surface area contributed by atoms with Gasteiger partial charge in [0.2, 0.25) is 0 Å².